The Morgan fingerprint density at radius 3 is 1.40 bits per heavy atom. The molecule has 2 nitrogen and oxygen atoms in total. The van der Waals surface area contributed by atoms with Crippen LogP contribution in [0.1, 0.15) is 0 Å². The first kappa shape index (κ1) is 12.8. The molecular formula is C11H26N2Si2. The average Bonchev–Trinajstić information content (AvgIpc) is 2.28. The summed E-state index contributed by atoms with van der Waals surface area (Å²) in [6, 6.07) is 0. The predicted molar refractivity (Wildman–Crippen MR) is 74.1 cm³/mol. The summed E-state index contributed by atoms with van der Waals surface area (Å²) in [5, 5.41) is 0. The third kappa shape index (κ3) is 5.42. The maximum absolute atomic E-state index is 2.48. The highest BCUT2D eigenvalue weighted by molar-refractivity contribution is 6.76. The van der Waals surface area contributed by atoms with Crippen LogP contribution in [0.15, 0.2) is 12.4 Å². The van der Waals surface area contributed by atoms with Gasteiger partial charge in [-0.2, -0.15) is 0 Å². The van der Waals surface area contributed by atoms with Crippen molar-refractivity contribution in [2.24, 2.45) is 0 Å². The van der Waals surface area contributed by atoms with Gasteiger partial charge >= 0.3 is 0 Å². The molecule has 0 N–H and O–H groups in total. The molecule has 0 aliphatic carbocycles. The first-order chi connectivity index (χ1) is 6.66. The largest absolute Gasteiger partial charge is 0.362 e. The molecule has 1 heterocycles. The van der Waals surface area contributed by atoms with Gasteiger partial charge in [-0.3, -0.25) is 0 Å². The van der Waals surface area contributed by atoms with Gasteiger partial charge in [0.15, 0.2) is 0 Å². The fourth-order valence-corrected chi connectivity index (χ4v) is 4.79. The van der Waals surface area contributed by atoms with Crippen LogP contribution in [0.4, 0.5) is 0 Å². The fourth-order valence-electron chi connectivity index (χ4n) is 1.94. The zero-order chi connectivity index (χ0) is 11.7. The van der Waals surface area contributed by atoms with Crippen molar-refractivity contribution in [3.05, 3.63) is 12.4 Å². The van der Waals surface area contributed by atoms with Crippen LogP contribution in [0.25, 0.3) is 0 Å². The summed E-state index contributed by atoms with van der Waals surface area (Å²) in [5.41, 5.74) is 0. The molecular weight excluding hydrogens is 216 g/mol. The third-order valence-electron chi connectivity index (χ3n) is 2.21. The molecule has 0 unspecified atom stereocenters. The van der Waals surface area contributed by atoms with Gasteiger partial charge in [0.05, 0.1) is 22.8 Å². The summed E-state index contributed by atoms with van der Waals surface area (Å²) in [6.07, 6.45) is 7.12. The highest BCUT2D eigenvalue weighted by Gasteiger charge is 2.23. The Kier molecular flexibility index (Phi) is 3.71. The lowest BCUT2D eigenvalue weighted by atomic mass is 10.8. The van der Waals surface area contributed by atoms with Gasteiger partial charge in [0.2, 0.25) is 0 Å². The molecule has 0 fully saturated rings. The third-order valence-corrected chi connectivity index (χ3v) is 4.92. The van der Waals surface area contributed by atoms with Crippen molar-refractivity contribution in [1.29, 1.82) is 0 Å². The van der Waals surface area contributed by atoms with Crippen LogP contribution in [0.3, 0.4) is 0 Å². The molecule has 0 saturated carbocycles. The maximum atomic E-state index is 2.48. The summed E-state index contributed by atoms with van der Waals surface area (Å²) in [5.74, 6) is 0. The van der Waals surface area contributed by atoms with E-state index in [0.717, 1.165) is 6.67 Å². The lowest BCUT2D eigenvalue weighted by Gasteiger charge is -2.29. The topological polar surface area (TPSA) is 6.48 Å². The van der Waals surface area contributed by atoms with E-state index in [0.29, 0.717) is 0 Å². The van der Waals surface area contributed by atoms with Crippen LogP contribution in [0.2, 0.25) is 39.3 Å². The average molecular weight is 243 g/mol. The van der Waals surface area contributed by atoms with E-state index in [-0.39, 0.29) is 0 Å². The molecule has 0 spiro atoms. The number of nitrogens with zero attached hydrogens (tertiary/aromatic N) is 2. The van der Waals surface area contributed by atoms with Crippen molar-refractivity contribution in [2.45, 2.75) is 39.3 Å². The minimum Gasteiger partial charge on any atom is -0.362 e. The van der Waals surface area contributed by atoms with Crippen molar-refractivity contribution in [3.8, 4) is 0 Å². The molecule has 4 heteroatoms. The van der Waals surface area contributed by atoms with Crippen molar-refractivity contribution >= 4 is 16.1 Å². The Morgan fingerprint density at radius 1 is 0.800 bits per heavy atom. The van der Waals surface area contributed by atoms with E-state index < -0.39 is 16.1 Å². The molecule has 0 amide bonds. The van der Waals surface area contributed by atoms with Gasteiger partial charge in [-0.15, -0.1) is 0 Å². The molecule has 0 aromatic carbocycles. The lowest BCUT2D eigenvalue weighted by Crippen LogP contribution is -2.42. The second kappa shape index (κ2) is 4.33. The summed E-state index contributed by atoms with van der Waals surface area (Å²) in [4.78, 5) is 4.96. The van der Waals surface area contributed by atoms with Crippen LogP contribution >= 0.6 is 0 Å². The van der Waals surface area contributed by atoms with Crippen LogP contribution in [-0.4, -0.2) is 45.0 Å². The summed E-state index contributed by atoms with van der Waals surface area (Å²) in [7, 11) is -1.90. The number of hydrogen-bond acceptors (Lipinski definition) is 2. The summed E-state index contributed by atoms with van der Waals surface area (Å²) >= 11 is 0. The SMILES string of the molecule is C[Si](C)(C)CN1C=CN(C[Si](C)(C)C)C1. The monoisotopic (exact) mass is 242 g/mol. The van der Waals surface area contributed by atoms with Gasteiger partial charge in [0.1, 0.15) is 0 Å². The second-order valence-electron chi connectivity index (χ2n) is 7.05. The summed E-state index contributed by atoms with van der Waals surface area (Å²) < 4.78 is 0. The van der Waals surface area contributed by atoms with E-state index >= 15 is 0 Å². The maximum Gasteiger partial charge on any atom is 0.0887 e. The van der Waals surface area contributed by atoms with Crippen molar-refractivity contribution in [1.82, 2.24) is 9.80 Å². The van der Waals surface area contributed by atoms with E-state index in [1.54, 1.807) is 0 Å². The zero-order valence-corrected chi connectivity index (χ0v) is 13.2. The van der Waals surface area contributed by atoms with E-state index in [4.69, 9.17) is 0 Å². The molecule has 0 bridgehead atoms. The zero-order valence-electron chi connectivity index (χ0n) is 11.2. The lowest BCUT2D eigenvalue weighted by molar-refractivity contribution is 0.311. The van der Waals surface area contributed by atoms with Gasteiger partial charge in [-0.25, -0.2) is 0 Å². The molecule has 1 rings (SSSR count). The van der Waals surface area contributed by atoms with Gasteiger partial charge in [-0.1, -0.05) is 39.3 Å². The molecule has 88 valence electrons. The Bertz CT molecular complexity index is 214. The Morgan fingerprint density at radius 2 is 1.13 bits per heavy atom. The molecule has 1 aliphatic heterocycles. The van der Waals surface area contributed by atoms with Crippen LogP contribution < -0.4 is 0 Å². The van der Waals surface area contributed by atoms with Gasteiger partial charge in [0, 0.05) is 24.7 Å². The molecule has 0 aromatic rings. The van der Waals surface area contributed by atoms with E-state index in [9.17, 15) is 0 Å². The highest BCUT2D eigenvalue weighted by atomic mass is 28.3. The van der Waals surface area contributed by atoms with Crippen LogP contribution in [0, 0.1) is 0 Å². The van der Waals surface area contributed by atoms with Crippen molar-refractivity contribution in [3.63, 3.8) is 0 Å². The molecule has 0 aromatic heterocycles. The molecule has 0 saturated heterocycles. The highest BCUT2D eigenvalue weighted by Crippen LogP contribution is 2.14. The molecule has 1 aliphatic rings. The predicted octanol–water partition coefficient (Wildman–Crippen LogP) is 2.79. The Balaban J connectivity index is 2.38. The standard InChI is InChI=1S/C11H26N2Si2/c1-14(2,3)10-12-7-8-13(9-12)11-15(4,5)6/h7-8H,9-11H2,1-6H3. The quantitative estimate of drug-likeness (QED) is 0.700. The first-order valence-electron chi connectivity index (χ1n) is 5.82. The minimum atomic E-state index is -0.951. The molecule has 15 heavy (non-hydrogen) atoms. The second-order valence-corrected chi connectivity index (χ2v) is 17.9. The minimum absolute atomic E-state index is 0.951. The van der Waals surface area contributed by atoms with Crippen LogP contribution in [-0.2, 0) is 0 Å². The first-order valence-corrected chi connectivity index (χ1v) is 13.2. The summed E-state index contributed by atoms with van der Waals surface area (Å²) in [6.45, 7) is 15.7. The van der Waals surface area contributed by atoms with Crippen molar-refractivity contribution < 1.29 is 0 Å². The van der Waals surface area contributed by atoms with E-state index in [1.165, 1.54) is 12.3 Å². The van der Waals surface area contributed by atoms with E-state index in [2.05, 4.69) is 61.5 Å². The van der Waals surface area contributed by atoms with Gasteiger partial charge in [-0.05, 0) is 0 Å². The van der Waals surface area contributed by atoms with Crippen LogP contribution in [0.5, 0.6) is 0 Å². The normalized spacial score (nSPS) is 17.7. The van der Waals surface area contributed by atoms with Gasteiger partial charge in [0.25, 0.3) is 0 Å². The Labute approximate surface area is 97.0 Å². The molecule has 0 atom stereocenters. The smallest absolute Gasteiger partial charge is 0.0887 e. The van der Waals surface area contributed by atoms with Gasteiger partial charge < -0.3 is 9.80 Å². The number of hydrogen-bond donors (Lipinski definition) is 0. The fraction of sp³-hybridized carbons (Fsp3) is 0.818. The number of rotatable bonds is 4. The molecule has 0 radical (unpaired) electrons. The van der Waals surface area contributed by atoms with Crippen molar-refractivity contribution in [2.75, 3.05) is 19.0 Å². The Hall–Kier alpha value is -0.226. The van der Waals surface area contributed by atoms with E-state index in [1.807, 2.05) is 0 Å².